The highest BCUT2D eigenvalue weighted by molar-refractivity contribution is 6.06. The van der Waals surface area contributed by atoms with Gasteiger partial charge in [0.2, 0.25) is 5.91 Å². The fraction of sp³-hybridized carbons (Fsp3) is 0.216. The van der Waals surface area contributed by atoms with Crippen LogP contribution in [0.25, 0.3) is 17.2 Å². The summed E-state index contributed by atoms with van der Waals surface area (Å²) in [4.78, 5) is 30.4. The number of esters is 1. The highest BCUT2D eigenvalue weighted by Crippen LogP contribution is 2.25. The summed E-state index contributed by atoms with van der Waals surface area (Å²) in [6.07, 6.45) is 5.41. The van der Waals surface area contributed by atoms with E-state index in [0.29, 0.717) is 31.1 Å². The van der Waals surface area contributed by atoms with E-state index in [1.54, 1.807) is 30.5 Å². The highest BCUT2D eigenvalue weighted by Gasteiger charge is 2.15. The summed E-state index contributed by atoms with van der Waals surface area (Å²) in [6, 6.07) is 31.0. The molecule has 0 saturated heterocycles. The van der Waals surface area contributed by atoms with Gasteiger partial charge in [-0.15, -0.1) is 0 Å². The Labute approximate surface area is 259 Å². The predicted octanol–water partition coefficient (Wildman–Crippen LogP) is 7.91. The maximum absolute atomic E-state index is 12.8. The van der Waals surface area contributed by atoms with Crippen molar-refractivity contribution in [1.82, 2.24) is 0 Å². The van der Waals surface area contributed by atoms with Gasteiger partial charge in [-0.25, -0.2) is 4.79 Å². The number of carbonyl (C=O) groups is 2. The molecule has 4 aromatic rings. The van der Waals surface area contributed by atoms with Gasteiger partial charge in [-0.05, 0) is 51.4 Å². The van der Waals surface area contributed by atoms with Crippen LogP contribution in [0, 0.1) is 0 Å². The number of oxime groups is 1. The molecular weight excluding hydrogens is 552 g/mol. The summed E-state index contributed by atoms with van der Waals surface area (Å²) >= 11 is 0. The van der Waals surface area contributed by atoms with Gasteiger partial charge in [0.1, 0.15) is 12.4 Å². The molecule has 0 bridgehead atoms. The maximum atomic E-state index is 12.8. The minimum atomic E-state index is -0.563. The normalized spacial score (nSPS) is 11.5. The molecular formula is C37H38N2O5. The smallest absolute Gasteiger partial charge is 0.339 e. The number of carbonyl (C=O) groups excluding carboxylic acids is 2. The van der Waals surface area contributed by atoms with Gasteiger partial charge >= 0.3 is 5.97 Å². The number of ether oxygens (including phenoxy) is 2. The molecule has 0 aliphatic rings. The molecule has 1 N–H and O–H groups in total. The van der Waals surface area contributed by atoms with Gasteiger partial charge in [0, 0.05) is 18.6 Å². The van der Waals surface area contributed by atoms with Gasteiger partial charge < -0.3 is 19.6 Å². The summed E-state index contributed by atoms with van der Waals surface area (Å²) in [5, 5.41) is 6.81. The summed E-state index contributed by atoms with van der Waals surface area (Å²) in [5.74, 6) is -0.457. The van der Waals surface area contributed by atoms with Crippen LogP contribution in [0.1, 0.15) is 54.2 Å². The van der Waals surface area contributed by atoms with Crippen molar-refractivity contribution >= 4 is 29.9 Å². The molecule has 7 nitrogen and oxygen atoms in total. The Morgan fingerprint density at radius 3 is 2.18 bits per heavy atom. The van der Waals surface area contributed by atoms with Gasteiger partial charge in [0.05, 0.1) is 31.2 Å². The topological polar surface area (TPSA) is 86.2 Å². The Balaban J connectivity index is 1.28. The summed E-state index contributed by atoms with van der Waals surface area (Å²) < 4.78 is 10.7. The predicted molar refractivity (Wildman–Crippen MR) is 176 cm³/mol. The first-order valence-corrected chi connectivity index (χ1v) is 14.5. The molecule has 0 fully saturated rings. The van der Waals surface area contributed by atoms with Gasteiger partial charge in [-0.1, -0.05) is 105 Å². The van der Waals surface area contributed by atoms with Crippen molar-refractivity contribution < 1.29 is 23.9 Å². The van der Waals surface area contributed by atoms with E-state index in [1.165, 1.54) is 18.7 Å². The van der Waals surface area contributed by atoms with Crippen LogP contribution in [0.4, 0.5) is 5.69 Å². The number of nitrogens with zero attached hydrogens (tertiary/aromatic N) is 1. The summed E-state index contributed by atoms with van der Waals surface area (Å²) in [6.45, 7) is 7.27. The molecule has 7 heteroatoms. The Hall–Kier alpha value is -5.17. The van der Waals surface area contributed by atoms with E-state index in [2.05, 4.69) is 43.4 Å². The van der Waals surface area contributed by atoms with Crippen molar-refractivity contribution in [3.63, 3.8) is 0 Å². The molecule has 0 aromatic heterocycles. The van der Waals surface area contributed by atoms with E-state index in [1.807, 2.05) is 66.7 Å². The monoisotopic (exact) mass is 590 g/mol. The second kappa shape index (κ2) is 15.3. The minimum Gasteiger partial charge on any atom is -0.493 e. The van der Waals surface area contributed by atoms with Crippen molar-refractivity contribution in [3.05, 3.63) is 125 Å². The van der Waals surface area contributed by atoms with Gasteiger partial charge in [-0.3, -0.25) is 4.79 Å². The molecule has 0 heterocycles. The molecule has 0 aliphatic heterocycles. The number of amides is 1. The standard InChI is InChI=1S/C37H38N2O5/c1-37(2,3)31-18-13-28(14-19-31)26-38-44-24-8-23-43-32-20-21-33(36(41)42-4)34(25-32)39-35(40)22-15-27-11-16-30(17-12-27)29-9-6-5-7-10-29/h5-7,9-22,25-26H,8,23-24H2,1-4H3,(H,39,40)/b22-15+,38-26+. The minimum absolute atomic E-state index is 0.103. The van der Waals surface area contributed by atoms with Crippen LogP contribution in [-0.4, -0.2) is 38.4 Å². The van der Waals surface area contributed by atoms with Crippen molar-refractivity contribution in [2.45, 2.75) is 32.6 Å². The highest BCUT2D eigenvalue weighted by atomic mass is 16.6. The van der Waals surface area contributed by atoms with Crippen molar-refractivity contribution in [1.29, 1.82) is 0 Å². The third-order valence-corrected chi connectivity index (χ3v) is 6.80. The van der Waals surface area contributed by atoms with Crippen molar-refractivity contribution in [3.8, 4) is 16.9 Å². The molecule has 0 radical (unpaired) electrons. The first-order chi connectivity index (χ1) is 21.2. The van der Waals surface area contributed by atoms with Crippen LogP contribution < -0.4 is 10.1 Å². The van der Waals surface area contributed by atoms with Crippen LogP contribution in [0.3, 0.4) is 0 Å². The van der Waals surface area contributed by atoms with Gasteiger partial charge in [0.25, 0.3) is 0 Å². The number of hydrogen-bond donors (Lipinski definition) is 1. The van der Waals surface area contributed by atoms with Crippen LogP contribution >= 0.6 is 0 Å². The lowest BCUT2D eigenvalue weighted by Gasteiger charge is -2.18. The van der Waals surface area contributed by atoms with Gasteiger partial charge in [-0.2, -0.15) is 0 Å². The molecule has 0 aliphatic carbocycles. The number of rotatable bonds is 12. The van der Waals surface area contributed by atoms with E-state index in [-0.39, 0.29) is 11.0 Å². The zero-order chi connectivity index (χ0) is 31.4. The average Bonchev–Trinajstić information content (AvgIpc) is 3.03. The Morgan fingerprint density at radius 1 is 0.818 bits per heavy atom. The van der Waals surface area contributed by atoms with E-state index < -0.39 is 11.9 Å². The average molecular weight is 591 g/mol. The number of nitrogens with one attached hydrogen (secondary N) is 1. The molecule has 0 unspecified atom stereocenters. The van der Waals surface area contributed by atoms with E-state index in [0.717, 1.165) is 22.3 Å². The number of hydrogen-bond acceptors (Lipinski definition) is 6. The van der Waals surface area contributed by atoms with Crippen LogP contribution in [0.15, 0.2) is 108 Å². The molecule has 44 heavy (non-hydrogen) atoms. The zero-order valence-electron chi connectivity index (χ0n) is 25.6. The van der Waals surface area contributed by atoms with Crippen LogP contribution in [-0.2, 0) is 19.8 Å². The fourth-order valence-electron chi connectivity index (χ4n) is 4.30. The zero-order valence-corrected chi connectivity index (χ0v) is 25.6. The Kier molecular flexibility index (Phi) is 11.1. The molecule has 4 rings (SSSR count). The van der Waals surface area contributed by atoms with Crippen molar-refractivity contribution in [2.75, 3.05) is 25.6 Å². The SMILES string of the molecule is COC(=O)c1ccc(OCCCO/N=C/c2ccc(C(C)(C)C)cc2)cc1NC(=O)/C=C/c1ccc(-c2ccccc2)cc1. The van der Waals surface area contributed by atoms with E-state index in [4.69, 9.17) is 14.3 Å². The summed E-state index contributed by atoms with van der Waals surface area (Å²) in [5.41, 5.74) is 5.93. The Bertz CT molecular complexity index is 1590. The molecule has 4 aromatic carbocycles. The molecule has 0 spiro atoms. The second-order valence-corrected chi connectivity index (χ2v) is 11.2. The third kappa shape index (κ3) is 9.42. The fourth-order valence-corrected chi connectivity index (χ4v) is 4.30. The Morgan fingerprint density at radius 2 is 1.50 bits per heavy atom. The van der Waals surface area contributed by atoms with Crippen molar-refractivity contribution in [2.24, 2.45) is 5.16 Å². The molecule has 0 atom stereocenters. The number of anilines is 1. The number of benzene rings is 4. The largest absolute Gasteiger partial charge is 0.493 e. The first-order valence-electron chi connectivity index (χ1n) is 14.5. The van der Waals surface area contributed by atoms with Crippen LogP contribution in [0.5, 0.6) is 5.75 Å². The lowest BCUT2D eigenvalue weighted by Crippen LogP contribution is -2.13. The lowest BCUT2D eigenvalue weighted by atomic mass is 9.87. The second-order valence-electron chi connectivity index (χ2n) is 11.2. The third-order valence-electron chi connectivity index (χ3n) is 6.80. The molecule has 226 valence electrons. The van der Waals surface area contributed by atoms with E-state index >= 15 is 0 Å². The van der Waals surface area contributed by atoms with Gasteiger partial charge in [0.15, 0.2) is 0 Å². The quantitative estimate of drug-likeness (QED) is 0.0596. The summed E-state index contributed by atoms with van der Waals surface area (Å²) in [7, 11) is 1.29. The van der Waals surface area contributed by atoms with E-state index in [9.17, 15) is 9.59 Å². The van der Waals surface area contributed by atoms with Crippen LogP contribution in [0.2, 0.25) is 0 Å². The molecule has 1 amide bonds. The molecule has 0 saturated carbocycles. The first kappa shape index (κ1) is 31.8. The lowest BCUT2D eigenvalue weighted by molar-refractivity contribution is -0.111. The number of methoxy groups -OCH3 is 1. The maximum Gasteiger partial charge on any atom is 0.339 e.